The van der Waals surface area contributed by atoms with Crippen LogP contribution >= 0.6 is 12.2 Å². The first kappa shape index (κ1) is 15.7. The number of hydrogen-bond acceptors (Lipinski definition) is 4. The number of ether oxygens (including phenoxy) is 2. The fourth-order valence-electron chi connectivity index (χ4n) is 1.92. The third-order valence-electron chi connectivity index (χ3n) is 2.77. The van der Waals surface area contributed by atoms with Gasteiger partial charge in [-0.3, -0.25) is 0 Å². The molecule has 0 fully saturated rings. The van der Waals surface area contributed by atoms with E-state index in [4.69, 9.17) is 21.7 Å². The predicted octanol–water partition coefficient (Wildman–Crippen LogP) is 4.13. The van der Waals surface area contributed by atoms with Crippen LogP contribution in [0.1, 0.15) is 26.6 Å². The summed E-state index contributed by atoms with van der Waals surface area (Å²) in [5.74, 6) is 1.60. The third-order valence-corrected chi connectivity index (χ3v) is 2.98. The molecule has 0 bridgehead atoms. The van der Waals surface area contributed by atoms with Crippen LogP contribution in [0.15, 0.2) is 30.3 Å². The van der Waals surface area contributed by atoms with Crippen molar-refractivity contribution in [3.05, 3.63) is 40.8 Å². The lowest BCUT2D eigenvalue weighted by molar-refractivity contribution is 0.128. The highest BCUT2D eigenvalue weighted by atomic mass is 32.1. The van der Waals surface area contributed by atoms with E-state index in [1.165, 1.54) is 0 Å². The van der Waals surface area contributed by atoms with Crippen LogP contribution in [0.5, 0.6) is 5.75 Å². The molecule has 0 radical (unpaired) electrons. The first-order valence-corrected chi connectivity index (χ1v) is 7.44. The molecule has 0 spiro atoms. The Morgan fingerprint density at radius 3 is 2.57 bits per heavy atom. The van der Waals surface area contributed by atoms with Crippen molar-refractivity contribution < 1.29 is 9.47 Å². The summed E-state index contributed by atoms with van der Waals surface area (Å²) in [6, 6.07) is 9.76. The summed E-state index contributed by atoms with van der Waals surface area (Å²) in [6.45, 7) is 7.05. The molecule has 112 valence electrons. The van der Waals surface area contributed by atoms with Gasteiger partial charge in [-0.25, -0.2) is 4.98 Å². The van der Waals surface area contributed by atoms with E-state index < -0.39 is 0 Å². The van der Waals surface area contributed by atoms with E-state index in [1.54, 1.807) is 0 Å². The van der Waals surface area contributed by atoms with Crippen molar-refractivity contribution in [2.45, 2.75) is 33.5 Å². The Morgan fingerprint density at radius 2 is 1.95 bits per heavy atom. The van der Waals surface area contributed by atoms with Crippen molar-refractivity contribution in [1.82, 2.24) is 9.97 Å². The Kier molecular flexibility index (Phi) is 5.47. The van der Waals surface area contributed by atoms with E-state index in [2.05, 4.69) is 9.97 Å². The molecule has 2 aromatic rings. The quantitative estimate of drug-likeness (QED) is 0.815. The first-order valence-electron chi connectivity index (χ1n) is 7.03. The Morgan fingerprint density at radius 1 is 1.24 bits per heavy atom. The molecule has 4 nitrogen and oxygen atoms in total. The lowest BCUT2D eigenvalue weighted by atomic mass is 10.1. The minimum atomic E-state index is 0.167. The van der Waals surface area contributed by atoms with Gasteiger partial charge in [-0.2, -0.15) is 0 Å². The van der Waals surface area contributed by atoms with Crippen molar-refractivity contribution in [3.63, 3.8) is 0 Å². The monoisotopic (exact) mass is 304 g/mol. The molecule has 0 saturated carbocycles. The predicted molar refractivity (Wildman–Crippen MR) is 86.0 cm³/mol. The molecule has 5 heteroatoms. The normalized spacial score (nSPS) is 10.9. The van der Waals surface area contributed by atoms with Crippen molar-refractivity contribution in [1.29, 1.82) is 0 Å². The third kappa shape index (κ3) is 4.65. The van der Waals surface area contributed by atoms with Gasteiger partial charge in [0.25, 0.3) is 0 Å². The van der Waals surface area contributed by atoms with Gasteiger partial charge in [-0.05, 0) is 56.7 Å². The number of aromatic amines is 1. The van der Waals surface area contributed by atoms with Crippen LogP contribution in [0.25, 0.3) is 11.3 Å². The topological polar surface area (TPSA) is 47.1 Å². The molecule has 1 aromatic heterocycles. The Hall–Kier alpha value is -1.72. The Balaban J connectivity index is 2.24. The maximum Gasteiger partial charge on any atom is 0.134 e. The summed E-state index contributed by atoms with van der Waals surface area (Å²) < 4.78 is 11.6. The average Bonchev–Trinajstić information content (AvgIpc) is 2.44. The van der Waals surface area contributed by atoms with Gasteiger partial charge < -0.3 is 14.5 Å². The van der Waals surface area contributed by atoms with E-state index in [1.807, 2.05) is 51.1 Å². The molecule has 0 aliphatic heterocycles. The minimum Gasteiger partial charge on any atom is -0.491 e. The van der Waals surface area contributed by atoms with Gasteiger partial charge in [0.2, 0.25) is 0 Å². The molecule has 0 aliphatic carbocycles. The summed E-state index contributed by atoms with van der Waals surface area (Å²) in [5.41, 5.74) is 1.97. The van der Waals surface area contributed by atoms with Gasteiger partial charge in [0.05, 0.1) is 6.10 Å². The SMILES string of the molecule is CCOCc1nc(=S)cc(-c2ccc(OC(C)C)cc2)[nH]1. The van der Waals surface area contributed by atoms with Gasteiger partial charge in [-0.1, -0.05) is 12.2 Å². The van der Waals surface area contributed by atoms with Crippen LogP contribution in [-0.2, 0) is 11.3 Å². The Bertz CT molecular complexity index is 635. The summed E-state index contributed by atoms with van der Waals surface area (Å²) >= 11 is 5.21. The number of nitrogens with zero attached hydrogens (tertiary/aromatic N) is 1. The van der Waals surface area contributed by atoms with E-state index >= 15 is 0 Å². The van der Waals surface area contributed by atoms with Gasteiger partial charge in [-0.15, -0.1) is 0 Å². The van der Waals surface area contributed by atoms with Gasteiger partial charge in [0, 0.05) is 12.3 Å². The summed E-state index contributed by atoms with van der Waals surface area (Å²) in [4.78, 5) is 7.52. The fraction of sp³-hybridized carbons (Fsp3) is 0.375. The molecule has 1 aromatic carbocycles. The van der Waals surface area contributed by atoms with Crippen LogP contribution in [-0.4, -0.2) is 22.7 Å². The molecule has 0 amide bonds. The zero-order valence-electron chi connectivity index (χ0n) is 12.6. The highest BCUT2D eigenvalue weighted by Gasteiger charge is 2.04. The molecular formula is C16H20N2O2S. The second kappa shape index (κ2) is 7.33. The fourth-order valence-corrected chi connectivity index (χ4v) is 2.14. The van der Waals surface area contributed by atoms with E-state index in [9.17, 15) is 0 Å². The van der Waals surface area contributed by atoms with Crippen LogP contribution in [0.2, 0.25) is 0 Å². The molecular weight excluding hydrogens is 284 g/mol. The molecule has 0 unspecified atom stereocenters. The molecule has 21 heavy (non-hydrogen) atoms. The smallest absolute Gasteiger partial charge is 0.134 e. The summed E-state index contributed by atoms with van der Waals surface area (Å²) in [5, 5.41) is 0. The van der Waals surface area contributed by atoms with Gasteiger partial charge in [0.1, 0.15) is 22.8 Å². The molecule has 2 rings (SSSR count). The summed E-state index contributed by atoms with van der Waals surface area (Å²) in [6.07, 6.45) is 0.167. The average molecular weight is 304 g/mol. The summed E-state index contributed by atoms with van der Waals surface area (Å²) in [7, 11) is 0. The number of H-pyrrole nitrogens is 1. The minimum absolute atomic E-state index is 0.167. The maximum absolute atomic E-state index is 5.64. The molecule has 1 heterocycles. The molecule has 0 saturated heterocycles. The number of rotatable bonds is 6. The lowest BCUT2D eigenvalue weighted by Crippen LogP contribution is -2.05. The zero-order valence-corrected chi connectivity index (χ0v) is 13.4. The number of nitrogens with one attached hydrogen (secondary N) is 1. The van der Waals surface area contributed by atoms with E-state index in [0.29, 0.717) is 17.9 Å². The van der Waals surface area contributed by atoms with Gasteiger partial charge >= 0.3 is 0 Å². The molecule has 0 atom stereocenters. The van der Waals surface area contributed by atoms with Crippen LogP contribution < -0.4 is 4.74 Å². The lowest BCUT2D eigenvalue weighted by Gasteiger charge is -2.10. The van der Waals surface area contributed by atoms with Crippen LogP contribution in [0.4, 0.5) is 0 Å². The highest BCUT2D eigenvalue weighted by Crippen LogP contribution is 2.21. The second-order valence-corrected chi connectivity index (χ2v) is 5.33. The molecule has 0 aliphatic rings. The molecule has 1 N–H and O–H groups in total. The second-order valence-electron chi connectivity index (χ2n) is 4.91. The number of aromatic nitrogens is 2. The van der Waals surface area contributed by atoms with Crippen molar-refractivity contribution in [3.8, 4) is 17.0 Å². The maximum atomic E-state index is 5.64. The standard InChI is InChI=1S/C16H20N2O2S/c1-4-19-10-15-17-14(9-16(21)18-15)12-5-7-13(8-6-12)20-11(2)3/h5-9,11H,4,10H2,1-3H3,(H,17,18,21). The van der Waals surface area contributed by atoms with Crippen molar-refractivity contribution in [2.75, 3.05) is 6.61 Å². The van der Waals surface area contributed by atoms with Crippen LogP contribution in [0.3, 0.4) is 0 Å². The van der Waals surface area contributed by atoms with Crippen molar-refractivity contribution >= 4 is 12.2 Å². The Labute approximate surface area is 130 Å². The number of hydrogen-bond donors (Lipinski definition) is 1. The van der Waals surface area contributed by atoms with E-state index in [0.717, 1.165) is 22.8 Å². The van der Waals surface area contributed by atoms with Gasteiger partial charge in [0.15, 0.2) is 0 Å². The van der Waals surface area contributed by atoms with E-state index in [-0.39, 0.29) is 6.10 Å². The highest BCUT2D eigenvalue weighted by molar-refractivity contribution is 7.71. The zero-order chi connectivity index (χ0) is 15.2. The first-order chi connectivity index (χ1) is 10.1. The largest absolute Gasteiger partial charge is 0.491 e. The van der Waals surface area contributed by atoms with Crippen LogP contribution in [0, 0.1) is 4.64 Å². The number of benzene rings is 1. The van der Waals surface area contributed by atoms with Crippen molar-refractivity contribution in [2.24, 2.45) is 0 Å².